The zero-order valence-corrected chi connectivity index (χ0v) is 19.0. The summed E-state index contributed by atoms with van der Waals surface area (Å²) in [5, 5.41) is 9.10. The highest BCUT2D eigenvalue weighted by Crippen LogP contribution is 2.25. The van der Waals surface area contributed by atoms with Crippen LogP contribution in [0.1, 0.15) is 53.0 Å². The predicted octanol–water partition coefficient (Wildman–Crippen LogP) is 5.39. The van der Waals surface area contributed by atoms with E-state index < -0.39 is 5.97 Å². The first-order valence-corrected chi connectivity index (χ1v) is 11.5. The summed E-state index contributed by atoms with van der Waals surface area (Å²) in [6, 6.07) is 21.6. The highest BCUT2D eigenvalue weighted by atomic mass is 16.4. The number of carboxylic acid groups (broad SMARTS) is 1. The second-order valence-corrected chi connectivity index (χ2v) is 8.67. The van der Waals surface area contributed by atoms with Crippen molar-refractivity contribution in [2.45, 2.75) is 38.6 Å². The fourth-order valence-electron chi connectivity index (χ4n) is 4.44. The number of carbonyl (C=O) groups is 2. The number of ketones is 1. The molecule has 0 unspecified atom stereocenters. The molecule has 0 atom stereocenters. The average molecular weight is 443 g/mol. The summed E-state index contributed by atoms with van der Waals surface area (Å²) >= 11 is 0. The number of nitrogens with zero attached hydrogens (tertiary/aromatic N) is 2. The quantitative estimate of drug-likeness (QED) is 0.356. The van der Waals surface area contributed by atoms with Crippen molar-refractivity contribution in [1.82, 2.24) is 4.57 Å². The van der Waals surface area contributed by atoms with Gasteiger partial charge in [-0.2, -0.15) is 0 Å². The smallest absolute Gasteiger partial charge is 0.309 e. The predicted molar refractivity (Wildman–Crippen MR) is 131 cm³/mol. The summed E-state index contributed by atoms with van der Waals surface area (Å²) in [6.45, 7) is 1.61. The van der Waals surface area contributed by atoms with Crippen LogP contribution >= 0.6 is 0 Å². The van der Waals surface area contributed by atoms with Gasteiger partial charge >= 0.3 is 5.97 Å². The maximum atomic E-state index is 13.3. The summed E-state index contributed by atoms with van der Waals surface area (Å²) < 4.78 is 1.68. The first kappa shape index (κ1) is 22.6. The summed E-state index contributed by atoms with van der Waals surface area (Å²) in [6.07, 6.45) is 7.01. The van der Waals surface area contributed by atoms with E-state index in [0.717, 1.165) is 31.6 Å². The first-order valence-electron chi connectivity index (χ1n) is 11.5. The lowest BCUT2D eigenvalue weighted by Crippen LogP contribution is -2.26. The number of aromatic nitrogens is 1. The van der Waals surface area contributed by atoms with Gasteiger partial charge in [-0.25, -0.2) is 0 Å². The van der Waals surface area contributed by atoms with Crippen molar-refractivity contribution in [3.63, 3.8) is 0 Å². The molecule has 5 heteroatoms. The van der Waals surface area contributed by atoms with Crippen molar-refractivity contribution in [1.29, 1.82) is 0 Å². The molecule has 170 valence electrons. The van der Waals surface area contributed by atoms with E-state index in [1.807, 2.05) is 24.3 Å². The molecule has 2 aromatic carbocycles. The number of benzene rings is 2. The molecule has 1 aliphatic carbocycles. The second kappa shape index (κ2) is 10.3. The highest BCUT2D eigenvalue weighted by molar-refractivity contribution is 6.08. The van der Waals surface area contributed by atoms with Crippen LogP contribution in [-0.2, 0) is 24.8 Å². The summed E-state index contributed by atoms with van der Waals surface area (Å²) in [4.78, 5) is 26.7. The highest BCUT2D eigenvalue weighted by Gasteiger charge is 2.18. The lowest BCUT2D eigenvalue weighted by Gasteiger charge is -2.28. The van der Waals surface area contributed by atoms with Gasteiger partial charge < -0.3 is 14.6 Å². The molecule has 0 aliphatic heterocycles. The molecule has 1 aliphatic rings. The summed E-state index contributed by atoms with van der Waals surface area (Å²) in [5.41, 5.74) is 5.40. The molecule has 1 aromatic heterocycles. The lowest BCUT2D eigenvalue weighted by molar-refractivity contribution is -0.136. The Morgan fingerprint density at radius 3 is 2.52 bits per heavy atom. The van der Waals surface area contributed by atoms with Crippen LogP contribution in [0.15, 0.2) is 78.4 Å². The van der Waals surface area contributed by atoms with Gasteiger partial charge in [0.25, 0.3) is 0 Å². The third kappa shape index (κ3) is 5.61. The molecule has 0 saturated carbocycles. The fourth-order valence-corrected chi connectivity index (χ4v) is 4.44. The van der Waals surface area contributed by atoms with Crippen LogP contribution < -0.4 is 4.90 Å². The molecule has 3 aromatic rings. The Bertz CT molecular complexity index is 1160. The molecule has 4 rings (SSSR count). The molecule has 0 radical (unpaired) electrons. The minimum absolute atomic E-state index is 0.104. The normalized spacial score (nSPS) is 13.4. The van der Waals surface area contributed by atoms with Crippen molar-refractivity contribution in [3.05, 3.63) is 101 Å². The van der Waals surface area contributed by atoms with Crippen molar-refractivity contribution >= 4 is 17.4 Å². The molecule has 1 N–H and O–H groups in total. The Kier molecular flexibility index (Phi) is 7.08. The number of anilines is 1. The minimum Gasteiger partial charge on any atom is -0.481 e. The van der Waals surface area contributed by atoms with Gasteiger partial charge in [0.15, 0.2) is 0 Å². The molecule has 0 bridgehead atoms. The van der Waals surface area contributed by atoms with E-state index in [-0.39, 0.29) is 12.2 Å². The van der Waals surface area contributed by atoms with Gasteiger partial charge in [-0.1, -0.05) is 54.1 Å². The first-order chi connectivity index (χ1) is 16.0. The Morgan fingerprint density at radius 1 is 0.970 bits per heavy atom. The van der Waals surface area contributed by atoms with Gasteiger partial charge in [0, 0.05) is 37.1 Å². The summed E-state index contributed by atoms with van der Waals surface area (Å²) in [7, 11) is 1.74. The van der Waals surface area contributed by atoms with Crippen LogP contribution in [0, 0.1) is 0 Å². The molecule has 33 heavy (non-hydrogen) atoms. The van der Waals surface area contributed by atoms with E-state index in [2.05, 4.69) is 41.3 Å². The molecule has 0 saturated heterocycles. The molecule has 1 heterocycles. The van der Waals surface area contributed by atoms with Crippen molar-refractivity contribution < 1.29 is 14.7 Å². The number of allylic oxidation sites excluding steroid dienone is 1. The number of rotatable bonds is 9. The van der Waals surface area contributed by atoms with Gasteiger partial charge in [-0.05, 0) is 55.5 Å². The number of hydrogen-bond acceptors (Lipinski definition) is 3. The standard InChI is InChI=1S/C28H30N2O3/c1-29-24(18-27(31)32)15-16-26(29)28(33)23-13-8-14-25(17-23)30(19-21-9-4-2-5-10-21)20-22-11-6-3-7-12-22/h2,4-5,8-11,13-17H,3,6-7,12,18-20H2,1H3,(H,31,32). The maximum absolute atomic E-state index is 13.3. The van der Waals surface area contributed by atoms with E-state index >= 15 is 0 Å². The zero-order valence-electron chi connectivity index (χ0n) is 19.0. The fraction of sp³-hybridized carbons (Fsp3) is 0.286. The Morgan fingerprint density at radius 2 is 1.79 bits per heavy atom. The molecule has 5 nitrogen and oxygen atoms in total. The van der Waals surface area contributed by atoms with E-state index in [4.69, 9.17) is 5.11 Å². The number of carboxylic acids is 1. The SMILES string of the molecule is Cn1c(CC(=O)O)ccc1C(=O)c1cccc(N(CC2=CCCCC2)Cc2ccccc2)c1. The van der Waals surface area contributed by atoms with Crippen LogP contribution in [-0.4, -0.2) is 28.0 Å². The molecule has 0 amide bonds. The third-order valence-corrected chi connectivity index (χ3v) is 6.26. The van der Waals surface area contributed by atoms with Crippen LogP contribution in [0.3, 0.4) is 0 Å². The number of carbonyl (C=O) groups excluding carboxylic acids is 1. The van der Waals surface area contributed by atoms with Crippen LogP contribution in [0.2, 0.25) is 0 Å². The summed E-state index contributed by atoms with van der Waals surface area (Å²) in [5.74, 6) is -1.02. The van der Waals surface area contributed by atoms with Crippen LogP contribution in [0.5, 0.6) is 0 Å². The van der Waals surface area contributed by atoms with Crippen LogP contribution in [0.4, 0.5) is 5.69 Å². The van der Waals surface area contributed by atoms with Gasteiger partial charge in [0.05, 0.1) is 12.1 Å². The van der Waals surface area contributed by atoms with E-state index in [9.17, 15) is 9.59 Å². The van der Waals surface area contributed by atoms with Gasteiger partial charge in [-0.15, -0.1) is 0 Å². The van der Waals surface area contributed by atoms with Gasteiger partial charge in [-0.3, -0.25) is 9.59 Å². The van der Waals surface area contributed by atoms with E-state index in [0.29, 0.717) is 17.0 Å². The Balaban J connectivity index is 1.62. The van der Waals surface area contributed by atoms with E-state index in [1.165, 1.54) is 24.0 Å². The van der Waals surface area contributed by atoms with Crippen molar-refractivity contribution in [3.8, 4) is 0 Å². The van der Waals surface area contributed by atoms with Crippen LogP contribution in [0.25, 0.3) is 0 Å². The average Bonchev–Trinajstić information content (AvgIpc) is 3.19. The lowest BCUT2D eigenvalue weighted by atomic mass is 9.98. The van der Waals surface area contributed by atoms with E-state index in [1.54, 1.807) is 23.7 Å². The molecular weight excluding hydrogens is 412 g/mol. The van der Waals surface area contributed by atoms with Gasteiger partial charge in [0.1, 0.15) is 0 Å². The monoisotopic (exact) mass is 442 g/mol. The number of hydrogen-bond donors (Lipinski definition) is 1. The number of aliphatic carboxylic acids is 1. The van der Waals surface area contributed by atoms with Crippen molar-refractivity contribution in [2.75, 3.05) is 11.4 Å². The topological polar surface area (TPSA) is 62.5 Å². The minimum atomic E-state index is -0.911. The molecule has 0 spiro atoms. The zero-order chi connectivity index (χ0) is 23.2. The molecular formula is C28H30N2O3. The molecule has 0 fully saturated rings. The van der Waals surface area contributed by atoms with Gasteiger partial charge in [0.2, 0.25) is 5.78 Å². The third-order valence-electron chi connectivity index (χ3n) is 6.26. The Labute approximate surface area is 195 Å². The van der Waals surface area contributed by atoms with Crippen molar-refractivity contribution in [2.24, 2.45) is 7.05 Å². The maximum Gasteiger partial charge on any atom is 0.309 e. The second-order valence-electron chi connectivity index (χ2n) is 8.67. The largest absolute Gasteiger partial charge is 0.481 e. The Hall–Kier alpha value is -3.60.